The fraction of sp³-hybridized carbons (Fsp3) is 0.550. The van der Waals surface area contributed by atoms with Crippen LogP contribution < -0.4 is 10.2 Å². The van der Waals surface area contributed by atoms with Gasteiger partial charge in [-0.05, 0) is 44.9 Å². The van der Waals surface area contributed by atoms with Gasteiger partial charge in [0.25, 0.3) is 0 Å². The Labute approximate surface area is 185 Å². The molecule has 1 aromatic heterocycles. The molecule has 0 atom stereocenters. The standard InChI is InChI=1S/C20H31N7.HI/c1-6-21-20(22-14-19-24-23-17(4)25(19)5)27-12-10-26(11-13-27)18-9-7-8-15(2)16(18)3;/h7-9H,6,10-14H2,1-5H3,(H,21,22);1H. The van der Waals surface area contributed by atoms with Gasteiger partial charge < -0.3 is 19.7 Å². The number of aliphatic imine (C=N–C) groups is 1. The average molecular weight is 497 g/mol. The summed E-state index contributed by atoms with van der Waals surface area (Å²) in [6.07, 6.45) is 0. The van der Waals surface area contributed by atoms with E-state index in [4.69, 9.17) is 4.99 Å². The first-order valence-electron chi connectivity index (χ1n) is 9.70. The van der Waals surface area contributed by atoms with Crippen molar-refractivity contribution < 1.29 is 0 Å². The molecular formula is C20H32IN7. The van der Waals surface area contributed by atoms with E-state index >= 15 is 0 Å². The highest BCUT2D eigenvalue weighted by atomic mass is 127. The topological polar surface area (TPSA) is 61.6 Å². The smallest absolute Gasteiger partial charge is 0.194 e. The number of piperazine rings is 1. The van der Waals surface area contributed by atoms with E-state index in [1.807, 2.05) is 18.5 Å². The van der Waals surface area contributed by atoms with Crippen molar-refractivity contribution in [2.75, 3.05) is 37.6 Å². The summed E-state index contributed by atoms with van der Waals surface area (Å²) in [6.45, 7) is 13.8. The monoisotopic (exact) mass is 497 g/mol. The van der Waals surface area contributed by atoms with Crippen LogP contribution in [0.3, 0.4) is 0 Å². The van der Waals surface area contributed by atoms with Gasteiger partial charge in [-0.15, -0.1) is 34.2 Å². The zero-order chi connectivity index (χ0) is 19.4. The van der Waals surface area contributed by atoms with Crippen LogP contribution in [0.25, 0.3) is 0 Å². The maximum atomic E-state index is 4.80. The first-order valence-corrected chi connectivity index (χ1v) is 9.70. The number of halogens is 1. The van der Waals surface area contributed by atoms with Crippen LogP contribution in [0.15, 0.2) is 23.2 Å². The predicted molar refractivity (Wildman–Crippen MR) is 126 cm³/mol. The van der Waals surface area contributed by atoms with Gasteiger partial charge in [0.1, 0.15) is 12.4 Å². The SMILES string of the molecule is CCNC(=NCc1nnc(C)n1C)N1CCN(c2cccc(C)c2C)CC1.I. The Kier molecular flexibility index (Phi) is 8.09. The number of nitrogens with zero attached hydrogens (tertiary/aromatic N) is 6. The van der Waals surface area contributed by atoms with Crippen LogP contribution in [0.2, 0.25) is 0 Å². The lowest BCUT2D eigenvalue weighted by Crippen LogP contribution is -2.52. The Bertz CT molecular complexity index is 807. The van der Waals surface area contributed by atoms with Crippen molar-refractivity contribution in [1.29, 1.82) is 0 Å². The molecule has 0 spiro atoms. The van der Waals surface area contributed by atoms with Crippen molar-refractivity contribution in [1.82, 2.24) is 25.0 Å². The number of anilines is 1. The molecule has 0 saturated carbocycles. The lowest BCUT2D eigenvalue weighted by molar-refractivity contribution is 0.372. The van der Waals surface area contributed by atoms with Crippen molar-refractivity contribution in [2.24, 2.45) is 12.0 Å². The van der Waals surface area contributed by atoms with Crippen LogP contribution in [0, 0.1) is 20.8 Å². The van der Waals surface area contributed by atoms with Crippen molar-refractivity contribution in [3.8, 4) is 0 Å². The molecule has 154 valence electrons. The number of benzene rings is 1. The molecule has 2 heterocycles. The normalized spacial score (nSPS) is 14.8. The van der Waals surface area contributed by atoms with Crippen molar-refractivity contribution in [2.45, 2.75) is 34.2 Å². The third kappa shape index (κ3) is 4.95. The van der Waals surface area contributed by atoms with Crippen molar-refractivity contribution in [3.05, 3.63) is 41.0 Å². The number of aromatic nitrogens is 3. The number of rotatable bonds is 4. The van der Waals surface area contributed by atoms with Crippen LogP contribution in [-0.4, -0.2) is 58.3 Å². The summed E-state index contributed by atoms with van der Waals surface area (Å²) in [6, 6.07) is 6.56. The minimum Gasteiger partial charge on any atom is -0.368 e. The van der Waals surface area contributed by atoms with Gasteiger partial charge in [0, 0.05) is 45.5 Å². The molecule has 0 aliphatic carbocycles. The van der Waals surface area contributed by atoms with Gasteiger partial charge >= 0.3 is 0 Å². The first-order chi connectivity index (χ1) is 13.0. The minimum absolute atomic E-state index is 0. The molecule has 0 radical (unpaired) electrons. The number of nitrogens with one attached hydrogen (secondary N) is 1. The van der Waals surface area contributed by atoms with Crippen LogP contribution in [-0.2, 0) is 13.6 Å². The summed E-state index contributed by atoms with van der Waals surface area (Å²) < 4.78 is 1.99. The fourth-order valence-corrected chi connectivity index (χ4v) is 3.40. The summed E-state index contributed by atoms with van der Waals surface area (Å²) in [5.41, 5.74) is 4.08. The Balaban J connectivity index is 0.00000280. The summed E-state index contributed by atoms with van der Waals surface area (Å²) in [5.74, 6) is 2.75. The van der Waals surface area contributed by atoms with Gasteiger partial charge in [-0.25, -0.2) is 4.99 Å². The molecule has 8 heteroatoms. The molecule has 1 fully saturated rings. The lowest BCUT2D eigenvalue weighted by atomic mass is 10.1. The van der Waals surface area contributed by atoms with E-state index in [1.54, 1.807) is 0 Å². The summed E-state index contributed by atoms with van der Waals surface area (Å²) >= 11 is 0. The molecule has 28 heavy (non-hydrogen) atoms. The molecule has 0 amide bonds. The molecule has 3 rings (SSSR count). The molecule has 1 aromatic carbocycles. The Morgan fingerprint density at radius 3 is 2.43 bits per heavy atom. The van der Waals surface area contributed by atoms with E-state index in [-0.39, 0.29) is 24.0 Å². The average Bonchev–Trinajstić information content (AvgIpc) is 2.99. The number of hydrogen-bond acceptors (Lipinski definition) is 4. The molecule has 1 aliphatic heterocycles. The lowest BCUT2D eigenvalue weighted by Gasteiger charge is -2.38. The number of hydrogen-bond donors (Lipinski definition) is 1. The van der Waals surface area contributed by atoms with E-state index in [2.05, 4.69) is 64.3 Å². The summed E-state index contributed by atoms with van der Waals surface area (Å²) in [7, 11) is 1.98. The second-order valence-corrected chi connectivity index (χ2v) is 7.09. The summed E-state index contributed by atoms with van der Waals surface area (Å²) in [4.78, 5) is 9.62. The molecule has 1 N–H and O–H groups in total. The van der Waals surface area contributed by atoms with Gasteiger partial charge in [0.2, 0.25) is 0 Å². The first kappa shape index (κ1) is 22.4. The van der Waals surface area contributed by atoms with Crippen molar-refractivity contribution >= 4 is 35.6 Å². The van der Waals surface area contributed by atoms with Gasteiger partial charge in [-0.2, -0.15) is 0 Å². The minimum atomic E-state index is 0. The zero-order valence-electron chi connectivity index (χ0n) is 17.6. The van der Waals surface area contributed by atoms with Gasteiger partial charge in [0.05, 0.1) is 0 Å². The third-order valence-corrected chi connectivity index (χ3v) is 5.38. The highest BCUT2D eigenvalue weighted by molar-refractivity contribution is 14.0. The third-order valence-electron chi connectivity index (χ3n) is 5.38. The molecule has 0 bridgehead atoms. The van der Waals surface area contributed by atoms with Gasteiger partial charge in [0.15, 0.2) is 11.8 Å². The Hall–Kier alpha value is -1.84. The molecule has 1 saturated heterocycles. The van der Waals surface area contributed by atoms with Gasteiger partial charge in [-0.1, -0.05) is 12.1 Å². The highest BCUT2D eigenvalue weighted by Crippen LogP contribution is 2.23. The summed E-state index contributed by atoms with van der Waals surface area (Å²) in [5, 5.41) is 11.8. The van der Waals surface area contributed by atoms with Crippen LogP contribution in [0.4, 0.5) is 5.69 Å². The van der Waals surface area contributed by atoms with Crippen LogP contribution in [0.1, 0.15) is 29.7 Å². The van der Waals surface area contributed by atoms with Crippen LogP contribution in [0.5, 0.6) is 0 Å². The number of guanidine groups is 1. The largest absolute Gasteiger partial charge is 0.368 e. The van der Waals surface area contributed by atoms with E-state index < -0.39 is 0 Å². The zero-order valence-corrected chi connectivity index (χ0v) is 19.9. The second-order valence-electron chi connectivity index (χ2n) is 7.09. The predicted octanol–water partition coefficient (Wildman–Crippen LogP) is 2.65. The van der Waals surface area contributed by atoms with E-state index in [0.717, 1.165) is 50.3 Å². The van der Waals surface area contributed by atoms with Crippen LogP contribution >= 0.6 is 24.0 Å². The Morgan fingerprint density at radius 1 is 1.11 bits per heavy atom. The molecule has 1 aliphatic rings. The van der Waals surface area contributed by atoms with Crippen molar-refractivity contribution in [3.63, 3.8) is 0 Å². The number of aryl methyl sites for hydroxylation is 2. The van der Waals surface area contributed by atoms with Gasteiger partial charge in [-0.3, -0.25) is 0 Å². The molecule has 7 nitrogen and oxygen atoms in total. The maximum Gasteiger partial charge on any atom is 0.194 e. The molecular weight excluding hydrogens is 465 g/mol. The highest BCUT2D eigenvalue weighted by Gasteiger charge is 2.21. The second kappa shape index (κ2) is 10.1. The quantitative estimate of drug-likeness (QED) is 0.400. The molecule has 2 aromatic rings. The maximum absolute atomic E-state index is 4.80. The van der Waals surface area contributed by atoms with E-state index in [9.17, 15) is 0 Å². The fourth-order valence-electron chi connectivity index (χ4n) is 3.40. The van der Waals surface area contributed by atoms with E-state index in [0.29, 0.717) is 6.54 Å². The Morgan fingerprint density at radius 2 is 1.82 bits per heavy atom. The molecule has 0 unspecified atom stereocenters. The van der Waals surface area contributed by atoms with E-state index in [1.165, 1.54) is 16.8 Å².